The van der Waals surface area contributed by atoms with Crippen molar-refractivity contribution in [1.82, 2.24) is 9.97 Å². The number of aromatic nitrogens is 2. The highest BCUT2D eigenvalue weighted by atomic mass is 14.8. The smallest absolute Gasteiger partial charge is 0.0938 e. The first-order valence-electron chi connectivity index (χ1n) is 17.7. The molecule has 0 bridgehead atoms. The van der Waals surface area contributed by atoms with Crippen molar-refractivity contribution in [3.63, 3.8) is 0 Å². The Labute approximate surface area is 295 Å². The van der Waals surface area contributed by atoms with Crippen LogP contribution in [-0.4, -0.2) is 9.97 Å². The monoisotopic (exact) mass is 648 g/mol. The molecule has 2 aromatic heterocycles. The largest absolute Gasteiger partial charge is 0.254 e. The normalized spacial score (nSPS) is 13.5. The number of benzene rings is 8. The molecule has 0 aliphatic heterocycles. The van der Waals surface area contributed by atoms with Crippen LogP contribution >= 0.6 is 0 Å². The van der Waals surface area contributed by atoms with Crippen LogP contribution in [-0.2, 0) is 5.41 Å². The van der Waals surface area contributed by atoms with Crippen LogP contribution in [0.15, 0.2) is 158 Å². The Bertz CT molecular complexity index is 3100. The highest BCUT2D eigenvalue weighted by Crippen LogP contribution is 2.51. The average molecular weight is 649 g/mol. The summed E-state index contributed by atoms with van der Waals surface area (Å²) in [5, 5.41) is 13.7. The molecule has 0 N–H and O–H groups in total. The number of rotatable bonds is 2. The Morgan fingerprint density at radius 3 is 1.43 bits per heavy atom. The van der Waals surface area contributed by atoms with Crippen molar-refractivity contribution in [2.45, 2.75) is 19.3 Å². The molecule has 0 radical (unpaired) electrons. The molecule has 2 heteroatoms. The van der Waals surface area contributed by atoms with E-state index in [0.29, 0.717) is 0 Å². The minimum Gasteiger partial charge on any atom is -0.254 e. The number of fused-ring (bicyclic) bond motifs is 14. The van der Waals surface area contributed by atoms with E-state index in [2.05, 4.69) is 172 Å². The zero-order valence-corrected chi connectivity index (χ0v) is 28.4. The molecule has 0 atom stereocenters. The first-order valence-corrected chi connectivity index (χ1v) is 17.7. The zero-order chi connectivity index (χ0) is 33.8. The van der Waals surface area contributed by atoms with Gasteiger partial charge in [-0.05, 0) is 101 Å². The third-order valence-electron chi connectivity index (χ3n) is 11.4. The third kappa shape index (κ3) is 3.93. The van der Waals surface area contributed by atoms with Gasteiger partial charge in [0.05, 0.1) is 16.9 Å². The van der Waals surface area contributed by atoms with Crippen molar-refractivity contribution in [2.75, 3.05) is 0 Å². The maximum atomic E-state index is 5.47. The summed E-state index contributed by atoms with van der Waals surface area (Å²) in [5.74, 6) is 0. The van der Waals surface area contributed by atoms with Gasteiger partial charge in [0.1, 0.15) is 0 Å². The highest BCUT2D eigenvalue weighted by Gasteiger charge is 2.38. The van der Waals surface area contributed by atoms with Crippen LogP contribution in [0.1, 0.15) is 25.0 Å². The van der Waals surface area contributed by atoms with Crippen LogP contribution in [0.25, 0.3) is 98.4 Å². The molecule has 0 saturated heterocycles. The van der Waals surface area contributed by atoms with Gasteiger partial charge in [0.25, 0.3) is 0 Å². The Morgan fingerprint density at radius 1 is 0.373 bits per heavy atom. The summed E-state index contributed by atoms with van der Waals surface area (Å²) in [6, 6.07) is 55.4. The van der Waals surface area contributed by atoms with Crippen molar-refractivity contribution in [2.24, 2.45) is 0 Å². The molecule has 0 fully saturated rings. The Balaban J connectivity index is 1.16. The molecule has 10 aromatic rings. The van der Waals surface area contributed by atoms with Crippen molar-refractivity contribution in [3.05, 3.63) is 169 Å². The number of nitrogens with zero attached hydrogens (tertiary/aromatic N) is 2. The van der Waals surface area contributed by atoms with Gasteiger partial charge < -0.3 is 0 Å². The lowest BCUT2D eigenvalue weighted by molar-refractivity contribution is 0.659. The summed E-state index contributed by atoms with van der Waals surface area (Å²) < 4.78 is 0. The molecule has 1 aliphatic carbocycles. The van der Waals surface area contributed by atoms with Gasteiger partial charge in [-0.3, -0.25) is 4.98 Å². The van der Waals surface area contributed by atoms with E-state index in [0.717, 1.165) is 22.5 Å². The van der Waals surface area contributed by atoms with Gasteiger partial charge in [-0.2, -0.15) is 0 Å². The lowest BCUT2D eigenvalue weighted by atomic mass is 9.81. The first kappa shape index (κ1) is 28.5. The minimum absolute atomic E-state index is 0.272. The topological polar surface area (TPSA) is 25.8 Å². The molecular weight excluding hydrogens is 617 g/mol. The molecule has 0 saturated carbocycles. The Hall–Kier alpha value is -6.38. The summed E-state index contributed by atoms with van der Waals surface area (Å²) in [6.07, 6.45) is 2.07. The average Bonchev–Trinajstić information content (AvgIpc) is 3.41. The molecule has 2 heterocycles. The standard InChI is InChI=1S/C49H32N2/c1-49(2)44-24-30(28-50-47(44)48-45(49)27-43-37-22-11-6-16-31(37)32-17-12-13-23-38(32)46(43)51-48)40-26-42-35-20-9-7-18-33(35)39(29-14-4-3-5-15-29)25-41(42)36-21-10-8-19-34(36)40/h3-28H,1-2H3. The van der Waals surface area contributed by atoms with Gasteiger partial charge in [-0.25, -0.2) is 4.98 Å². The quantitative estimate of drug-likeness (QED) is 0.174. The number of hydrogen-bond donors (Lipinski definition) is 0. The first-order chi connectivity index (χ1) is 25.1. The van der Waals surface area contributed by atoms with Crippen LogP contribution in [0.3, 0.4) is 0 Å². The second-order valence-corrected chi connectivity index (χ2v) is 14.5. The van der Waals surface area contributed by atoms with Crippen LogP contribution in [0.4, 0.5) is 0 Å². The fourth-order valence-corrected chi connectivity index (χ4v) is 8.93. The van der Waals surface area contributed by atoms with Crippen molar-refractivity contribution in [1.29, 1.82) is 0 Å². The van der Waals surface area contributed by atoms with Crippen molar-refractivity contribution in [3.8, 4) is 33.6 Å². The van der Waals surface area contributed by atoms with E-state index in [1.165, 1.54) is 87.1 Å². The van der Waals surface area contributed by atoms with Crippen molar-refractivity contribution < 1.29 is 0 Å². The maximum Gasteiger partial charge on any atom is 0.0938 e. The fourth-order valence-electron chi connectivity index (χ4n) is 8.93. The second kappa shape index (κ2) is 10.3. The summed E-state index contributed by atoms with van der Waals surface area (Å²) in [7, 11) is 0. The van der Waals surface area contributed by atoms with E-state index in [9.17, 15) is 0 Å². The van der Waals surface area contributed by atoms with E-state index < -0.39 is 0 Å². The van der Waals surface area contributed by atoms with E-state index in [1.54, 1.807) is 0 Å². The summed E-state index contributed by atoms with van der Waals surface area (Å²) in [4.78, 5) is 10.7. The van der Waals surface area contributed by atoms with Crippen LogP contribution < -0.4 is 0 Å². The predicted molar refractivity (Wildman–Crippen MR) is 216 cm³/mol. The SMILES string of the molecule is CC1(C)c2cc(-c3cc4c5ccccc5c(-c5ccccc5)cc4c4ccccc34)cnc2-c2nc3c4ccccc4c4ccccc4c3cc21. The molecule has 0 spiro atoms. The van der Waals surface area contributed by atoms with Gasteiger partial charge in [-0.1, -0.05) is 141 Å². The van der Waals surface area contributed by atoms with Crippen LogP contribution in [0.2, 0.25) is 0 Å². The van der Waals surface area contributed by atoms with E-state index >= 15 is 0 Å². The van der Waals surface area contributed by atoms with Gasteiger partial charge in [0, 0.05) is 27.9 Å². The van der Waals surface area contributed by atoms with Crippen LogP contribution in [0.5, 0.6) is 0 Å². The number of pyridine rings is 2. The molecular formula is C49H32N2. The van der Waals surface area contributed by atoms with Gasteiger partial charge in [0.15, 0.2) is 0 Å². The zero-order valence-electron chi connectivity index (χ0n) is 28.4. The molecule has 1 aliphatic rings. The highest BCUT2D eigenvalue weighted by molar-refractivity contribution is 6.25. The second-order valence-electron chi connectivity index (χ2n) is 14.5. The third-order valence-corrected chi connectivity index (χ3v) is 11.4. The molecule has 8 aromatic carbocycles. The van der Waals surface area contributed by atoms with Gasteiger partial charge in [-0.15, -0.1) is 0 Å². The molecule has 0 amide bonds. The lowest BCUT2D eigenvalue weighted by Crippen LogP contribution is -2.15. The van der Waals surface area contributed by atoms with Crippen LogP contribution in [0, 0.1) is 0 Å². The summed E-state index contributed by atoms with van der Waals surface area (Å²) in [6.45, 7) is 4.66. The molecule has 51 heavy (non-hydrogen) atoms. The van der Waals surface area contributed by atoms with Gasteiger partial charge in [0.2, 0.25) is 0 Å². The lowest BCUT2D eigenvalue weighted by Gasteiger charge is -2.22. The minimum atomic E-state index is -0.272. The maximum absolute atomic E-state index is 5.47. The molecule has 0 unspecified atom stereocenters. The number of hydrogen-bond acceptors (Lipinski definition) is 2. The Morgan fingerprint density at radius 2 is 0.824 bits per heavy atom. The molecule has 238 valence electrons. The van der Waals surface area contributed by atoms with E-state index in [4.69, 9.17) is 9.97 Å². The molecule has 2 nitrogen and oxygen atoms in total. The van der Waals surface area contributed by atoms with Crippen molar-refractivity contribution >= 4 is 64.8 Å². The summed E-state index contributed by atoms with van der Waals surface area (Å²) in [5.41, 5.74) is 10.0. The van der Waals surface area contributed by atoms with Gasteiger partial charge >= 0.3 is 0 Å². The predicted octanol–water partition coefficient (Wildman–Crippen LogP) is 13.0. The Kier molecular flexibility index (Phi) is 5.76. The van der Waals surface area contributed by atoms with E-state index in [1.807, 2.05) is 0 Å². The molecule has 11 rings (SSSR count). The summed E-state index contributed by atoms with van der Waals surface area (Å²) >= 11 is 0. The fraction of sp³-hybridized carbons (Fsp3) is 0.0612. The van der Waals surface area contributed by atoms with E-state index in [-0.39, 0.29) is 5.41 Å².